The molecule has 0 spiro atoms. The fraction of sp³-hybridized carbons (Fsp3) is 0.400. The topological polar surface area (TPSA) is 104 Å². The number of methoxy groups -OCH3 is 2. The van der Waals surface area contributed by atoms with Crippen molar-refractivity contribution < 1.29 is 23.7 Å². The monoisotopic (exact) mass is 372 g/mol. The van der Waals surface area contributed by atoms with E-state index < -0.39 is 11.9 Å². The molecule has 1 heterocycles. The maximum Gasteiger partial charge on any atom is 0.338 e. The van der Waals surface area contributed by atoms with Gasteiger partial charge < -0.3 is 24.7 Å². The van der Waals surface area contributed by atoms with E-state index in [9.17, 15) is 10.1 Å². The van der Waals surface area contributed by atoms with E-state index in [-0.39, 0.29) is 23.6 Å². The molecule has 2 N–H and O–H groups in total. The minimum Gasteiger partial charge on any atom is -0.497 e. The summed E-state index contributed by atoms with van der Waals surface area (Å²) in [6.45, 7) is 3.88. The molecule has 0 amide bonds. The Morgan fingerprint density at radius 2 is 2.04 bits per heavy atom. The highest BCUT2D eigenvalue weighted by molar-refractivity contribution is 5.93. The van der Waals surface area contributed by atoms with Crippen LogP contribution in [0.25, 0.3) is 0 Å². The summed E-state index contributed by atoms with van der Waals surface area (Å²) in [4.78, 5) is 12.8. The quantitative estimate of drug-likeness (QED) is 0.733. The Balaban J connectivity index is 2.77. The van der Waals surface area contributed by atoms with Crippen LogP contribution in [0, 0.1) is 11.3 Å². The van der Waals surface area contributed by atoms with Gasteiger partial charge in [0.1, 0.15) is 28.9 Å². The molecule has 0 aromatic heterocycles. The van der Waals surface area contributed by atoms with Crippen molar-refractivity contribution in [2.75, 3.05) is 20.8 Å². The molecule has 0 saturated carbocycles. The van der Waals surface area contributed by atoms with Crippen LogP contribution in [0.1, 0.15) is 38.2 Å². The molecule has 2 rings (SSSR count). The number of hydrogen-bond donors (Lipinski definition) is 1. The largest absolute Gasteiger partial charge is 0.497 e. The molecule has 0 unspecified atom stereocenters. The zero-order chi connectivity index (χ0) is 20.0. The summed E-state index contributed by atoms with van der Waals surface area (Å²) < 4.78 is 21.7. The Morgan fingerprint density at radius 3 is 2.59 bits per heavy atom. The van der Waals surface area contributed by atoms with Crippen molar-refractivity contribution in [1.29, 1.82) is 5.26 Å². The van der Waals surface area contributed by atoms with Crippen LogP contribution in [-0.4, -0.2) is 26.8 Å². The van der Waals surface area contributed by atoms with Crippen LogP contribution in [-0.2, 0) is 14.3 Å². The van der Waals surface area contributed by atoms with E-state index in [4.69, 9.17) is 24.7 Å². The number of nitrogens with zero attached hydrogens (tertiary/aromatic N) is 1. The van der Waals surface area contributed by atoms with Crippen LogP contribution >= 0.6 is 0 Å². The Bertz CT molecular complexity index is 820. The summed E-state index contributed by atoms with van der Waals surface area (Å²) in [6.07, 6.45) is 1.21. The lowest BCUT2D eigenvalue weighted by Crippen LogP contribution is -2.26. The van der Waals surface area contributed by atoms with Crippen molar-refractivity contribution in [3.8, 4) is 17.6 Å². The van der Waals surface area contributed by atoms with Gasteiger partial charge in [0, 0.05) is 12.0 Å². The van der Waals surface area contributed by atoms with Crippen LogP contribution in [0.3, 0.4) is 0 Å². The van der Waals surface area contributed by atoms with Gasteiger partial charge >= 0.3 is 5.97 Å². The number of benzene rings is 1. The van der Waals surface area contributed by atoms with Gasteiger partial charge in [-0.1, -0.05) is 6.92 Å². The number of esters is 1. The van der Waals surface area contributed by atoms with Gasteiger partial charge in [-0.2, -0.15) is 5.26 Å². The van der Waals surface area contributed by atoms with E-state index in [1.54, 1.807) is 25.1 Å². The lowest BCUT2D eigenvalue weighted by Gasteiger charge is -2.29. The second-order valence-corrected chi connectivity index (χ2v) is 5.84. The fourth-order valence-corrected chi connectivity index (χ4v) is 3.04. The molecule has 1 aliphatic rings. The third-order valence-electron chi connectivity index (χ3n) is 4.22. The first-order valence-corrected chi connectivity index (χ1v) is 8.71. The SMILES string of the molecule is CCCC1=C(C(=O)OCC)[C@H](c2cc(OC)ccc2OC)C(C#N)=C(N)O1. The zero-order valence-electron chi connectivity index (χ0n) is 16.0. The number of carbonyl (C=O) groups excluding carboxylic acids is 1. The Labute approximate surface area is 159 Å². The van der Waals surface area contributed by atoms with Gasteiger partial charge in [-0.15, -0.1) is 0 Å². The molecule has 0 bridgehead atoms. The molecule has 1 aromatic carbocycles. The first kappa shape index (κ1) is 20.2. The fourth-order valence-electron chi connectivity index (χ4n) is 3.04. The number of allylic oxidation sites excluding steroid dienone is 2. The van der Waals surface area contributed by atoms with Crippen LogP contribution in [0.5, 0.6) is 11.5 Å². The third kappa shape index (κ3) is 4.00. The smallest absolute Gasteiger partial charge is 0.338 e. The second-order valence-electron chi connectivity index (χ2n) is 5.84. The van der Waals surface area contributed by atoms with Crippen LogP contribution in [0.15, 0.2) is 41.0 Å². The van der Waals surface area contributed by atoms with Crippen molar-refractivity contribution >= 4 is 5.97 Å². The molecule has 0 saturated heterocycles. The first-order chi connectivity index (χ1) is 13.0. The Morgan fingerprint density at radius 1 is 1.30 bits per heavy atom. The number of carbonyl (C=O) groups is 1. The van der Waals surface area contributed by atoms with Crippen molar-refractivity contribution in [3.05, 3.63) is 46.6 Å². The molecule has 1 aromatic rings. The molecule has 7 nitrogen and oxygen atoms in total. The van der Waals surface area contributed by atoms with Crippen LogP contribution in [0.2, 0.25) is 0 Å². The molecule has 1 atom stereocenters. The molecular formula is C20H24N2O5. The summed E-state index contributed by atoms with van der Waals surface area (Å²) in [5.74, 6) is 0.131. The molecule has 144 valence electrons. The third-order valence-corrected chi connectivity index (χ3v) is 4.22. The molecule has 0 fully saturated rings. The zero-order valence-corrected chi connectivity index (χ0v) is 16.0. The average Bonchev–Trinajstić information content (AvgIpc) is 2.67. The molecule has 27 heavy (non-hydrogen) atoms. The second kappa shape index (κ2) is 8.99. The van der Waals surface area contributed by atoms with Crippen molar-refractivity contribution in [1.82, 2.24) is 0 Å². The van der Waals surface area contributed by atoms with Crippen molar-refractivity contribution in [2.45, 2.75) is 32.6 Å². The standard InChI is InChI=1S/C20H24N2O5/c1-5-7-16-18(20(23)26-6-2)17(14(11-21)19(22)27-16)13-10-12(24-3)8-9-15(13)25-4/h8-10,17H,5-7,22H2,1-4H3/t17-/m1/s1. The molecule has 0 aliphatic carbocycles. The number of nitriles is 1. The highest BCUT2D eigenvalue weighted by atomic mass is 16.5. The minimum absolute atomic E-state index is 0.0242. The molecule has 1 aliphatic heterocycles. The number of rotatable bonds is 7. The molecular weight excluding hydrogens is 348 g/mol. The van der Waals surface area contributed by atoms with Gasteiger partial charge in [-0.3, -0.25) is 0 Å². The lowest BCUT2D eigenvalue weighted by atomic mass is 9.81. The molecule has 0 radical (unpaired) electrons. The van der Waals surface area contributed by atoms with Gasteiger partial charge in [-0.05, 0) is 31.5 Å². The summed E-state index contributed by atoms with van der Waals surface area (Å²) in [6, 6.07) is 7.25. The van der Waals surface area contributed by atoms with Crippen molar-refractivity contribution in [2.24, 2.45) is 5.73 Å². The van der Waals surface area contributed by atoms with E-state index in [0.29, 0.717) is 29.2 Å². The normalized spacial score (nSPS) is 16.5. The highest BCUT2D eigenvalue weighted by Crippen LogP contribution is 2.44. The van der Waals surface area contributed by atoms with Gasteiger partial charge in [0.25, 0.3) is 0 Å². The first-order valence-electron chi connectivity index (χ1n) is 8.71. The van der Waals surface area contributed by atoms with E-state index in [2.05, 4.69) is 6.07 Å². The van der Waals surface area contributed by atoms with Gasteiger partial charge in [0.05, 0.1) is 32.3 Å². The van der Waals surface area contributed by atoms with E-state index >= 15 is 0 Å². The highest BCUT2D eigenvalue weighted by Gasteiger charge is 2.39. The van der Waals surface area contributed by atoms with Crippen LogP contribution in [0.4, 0.5) is 0 Å². The van der Waals surface area contributed by atoms with Gasteiger partial charge in [-0.25, -0.2) is 4.79 Å². The summed E-state index contributed by atoms with van der Waals surface area (Å²) in [5, 5.41) is 9.71. The number of ether oxygens (including phenoxy) is 4. The van der Waals surface area contributed by atoms with E-state index in [1.807, 2.05) is 6.92 Å². The Hall–Kier alpha value is -3.14. The number of hydrogen-bond acceptors (Lipinski definition) is 7. The van der Waals surface area contributed by atoms with Gasteiger partial charge in [0.15, 0.2) is 0 Å². The predicted molar refractivity (Wildman–Crippen MR) is 98.8 cm³/mol. The predicted octanol–water partition coefficient (Wildman–Crippen LogP) is 3.13. The van der Waals surface area contributed by atoms with E-state index in [0.717, 1.165) is 6.42 Å². The average molecular weight is 372 g/mol. The summed E-state index contributed by atoms with van der Waals surface area (Å²) in [7, 11) is 3.06. The lowest BCUT2D eigenvalue weighted by molar-refractivity contribution is -0.139. The van der Waals surface area contributed by atoms with Gasteiger partial charge in [0.2, 0.25) is 5.88 Å². The maximum absolute atomic E-state index is 12.8. The van der Waals surface area contributed by atoms with E-state index in [1.165, 1.54) is 14.2 Å². The van der Waals surface area contributed by atoms with Crippen LogP contribution < -0.4 is 15.2 Å². The molecule has 7 heteroatoms. The number of nitrogens with two attached hydrogens (primary N) is 1. The Kier molecular flexibility index (Phi) is 6.72. The van der Waals surface area contributed by atoms with Crippen molar-refractivity contribution in [3.63, 3.8) is 0 Å². The maximum atomic E-state index is 12.8. The minimum atomic E-state index is -0.769. The summed E-state index contributed by atoms with van der Waals surface area (Å²) >= 11 is 0. The summed E-state index contributed by atoms with van der Waals surface area (Å²) in [5.41, 5.74) is 6.98.